The highest BCUT2D eigenvalue weighted by molar-refractivity contribution is 5.96. The van der Waals surface area contributed by atoms with E-state index in [9.17, 15) is 9.59 Å². The van der Waals surface area contributed by atoms with Gasteiger partial charge in [0.1, 0.15) is 0 Å². The zero-order chi connectivity index (χ0) is 19.3. The molecule has 0 aromatic heterocycles. The van der Waals surface area contributed by atoms with Crippen LogP contribution in [0, 0.1) is 20.8 Å². The minimum absolute atomic E-state index is 0.0477. The summed E-state index contributed by atoms with van der Waals surface area (Å²) in [5, 5.41) is 2.96. The van der Waals surface area contributed by atoms with Gasteiger partial charge in [0, 0.05) is 31.3 Å². The summed E-state index contributed by atoms with van der Waals surface area (Å²) in [6.45, 7) is 10.0. The van der Waals surface area contributed by atoms with Crippen molar-refractivity contribution in [3.8, 4) is 0 Å². The topological polar surface area (TPSA) is 49.4 Å². The van der Waals surface area contributed by atoms with Gasteiger partial charge in [0.15, 0.2) is 0 Å². The molecule has 2 rings (SSSR count). The molecule has 0 aliphatic carbocycles. The lowest BCUT2D eigenvalue weighted by Crippen LogP contribution is -2.33. The highest BCUT2D eigenvalue weighted by Crippen LogP contribution is 2.26. The molecule has 1 N–H and O–H groups in total. The fraction of sp³-hybridized carbons (Fsp3) is 0.364. The van der Waals surface area contributed by atoms with Gasteiger partial charge >= 0.3 is 0 Å². The van der Waals surface area contributed by atoms with Gasteiger partial charge in [-0.3, -0.25) is 9.59 Å². The largest absolute Gasteiger partial charge is 0.326 e. The summed E-state index contributed by atoms with van der Waals surface area (Å²) < 4.78 is 0. The third-order valence-electron chi connectivity index (χ3n) is 4.79. The molecule has 0 unspecified atom stereocenters. The lowest BCUT2D eigenvalue weighted by Gasteiger charge is -2.25. The van der Waals surface area contributed by atoms with Crippen molar-refractivity contribution in [2.75, 3.05) is 16.8 Å². The maximum absolute atomic E-state index is 12.4. The van der Waals surface area contributed by atoms with Crippen LogP contribution in [0.3, 0.4) is 0 Å². The molecule has 0 aliphatic heterocycles. The van der Waals surface area contributed by atoms with Crippen LogP contribution in [0.25, 0.3) is 0 Å². The van der Waals surface area contributed by atoms with E-state index in [1.54, 1.807) is 11.8 Å². The molecule has 26 heavy (non-hydrogen) atoms. The highest BCUT2D eigenvalue weighted by atomic mass is 16.2. The smallest absolute Gasteiger partial charge is 0.226 e. The van der Waals surface area contributed by atoms with Crippen molar-refractivity contribution in [1.29, 1.82) is 0 Å². The summed E-state index contributed by atoms with van der Waals surface area (Å²) in [7, 11) is 0. The summed E-state index contributed by atoms with van der Waals surface area (Å²) in [5.41, 5.74) is 6.14. The Hall–Kier alpha value is -2.62. The number of hydrogen-bond acceptors (Lipinski definition) is 2. The van der Waals surface area contributed by atoms with Crippen molar-refractivity contribution in [3.05, 3.63) is 58.7 Å². The molecule has 0 spiro atoms. The Kier molecular flexibility index (Phi) is 6.56. The second-order valence-corrected chi connectivity index (χ2v) is 6.65. The number of amides is 2. The average molecular weight is 352 g/mol. The standard InChI is InChI=1S/C22H28N2O2/c1-6-19-11-7-10-16(3)22(19)24(18(5)25)14-13-21(26)23-20-12-8-9-15(2)17(20)4/h7-12H,6,13-14H2,1-5H3,(H,23,26). The molecule has 2 aromatic rings. The van der Waals surface area contributed by atoms with Gasteiger partial charge in [-0.2, -0.15) is 0 Å². The van der Waals surface area contributed by atoms with Crippen LogP contribution in [0.1, 0.15) is 42.5 Å². The van der Waals surface area contributed by atoms with Crippen molar-refractivity contribution >= 4 is 23.2 Å². The van der Waals surface area contributed by atoms with Crippen LogP contribution >= 0.6 is 0 Å². The molecule has 0 saturated heterocycles. The number of rotatable bonds is 6. The van der Waals surface area contributed by atoms with Crippen molar-refractivity contribution in [2.45, 2.75) is 47.5 Å². The molecule has 4 heteroatoms. The van der Waals surface area contributed by atoms with E-state index in [0.717, 1.165) is 40.0 Å². The monoisotopic (exact) mass is 352 g/mol. The van der Waals surface area contributed by atoms with E-state index in [2.05, 4.69) is 12.2 Å². The molecular formula is C22H28N2O2. The molecule has 4 nitrogen and oxygen atoms in total. The van der Waals surface area contributed by atoms with Crippen molar-refractivity contribution in [3.63, 3.8) is 0 Å². The van der Waals surface area contributed by atoms with Crippen molar-refractivity contribution in [2.24, 2.45) is 0 Å². The van der Waals surface area contributed by atoms with Gasteiger partial charge < -0.3 is 10.2 Å². The third-order valence-corrected chi connectivity index (χ3v) is 4.79. The van der Waals surface area contributed by atoms with E-state index in [0.29, 0.717) is 6.54 Å². The number of benzene rings is 2. The Morgan fingerprint density at radius 3 is 2.31 bits per heavy atom. The molecule has 0 bridgehead atoms. The van der Waals surface area contributed by atoms with Crippen LogP contribution in [-0.4, -0.2) is 18.4 Å². The Labute approximate surface area is 156 Å². The van der Waals surface area contributed by atoms with Crippen LogP contribution in [-0.2, 0) is 16.0 Å². The van der Waals surface area contributed by atoms with Gasteiger partial charge in [-0.25, -0.2) is 0 Å². The quantitative estimate of drug-likeness (QED) is 0.829. The second-order valence-electron chi connectivity index (χ2n) is 6.65. The first kappa shape index (κ1) is 19.7. The van der Waals surface area contributed by atoms with E-state index in [4.69, 9.17) is 0 Å². The van der Waals surface area contributed by atoms with Crippen LogP contribution < -0.4 is 10.2 Å². The second kappa shape index (κ2) is 8.65. The molecule has 0 saturated carbocycles. The number of hydrogen-bond donors (Lipinski definition) is 1. The number of para-hydroxylation sites is 1. The molecule has 0 heterocycles. The van der Waals surface area contributed by atoms with E-state index < -0.39 is 0 Å². The fourth-order valence-corrected chi connectivity index (χ4v) is 3.13. The predicted molar refractivity (Wildman–Crippen MR) is 108 cm³/mol. The fourth-order valence-electron chi connectivity index (χ4n) is 3.13. The minimum atomic E-state index is -0.0865. The molecule has 0 fully saturated rings. The zero-order valence-corrected chi connectivity index (χ0v) is 16.3. The van der Waals surface area contributed by atoms with E-state index in [1.165, 1.54) is 0 Å². The lowest BCUT2D eigenvalue weighted by atomic mass is 10.0. The van der Waals surface area contributed by atoms with Crippen molar-refractivity contribution in [1.82, 2.24) is 0 Å². The van der Waals surface area contributed by atoms with Gasteiger partial charge in [0.05, 0.1) is 0 Å². The SMILES string of the molecule is CCc1cccc(C)c1N(CCC(=O)Nc1cccc(C)c1C)C(C)=O. The molecule has 0 aliphatic rings. The number of aryl methyl sites for hydroxylation is 3. The summed E-state index contributed by atoms with van der Waals surface area (Å²) in [6.07, 6.45) is 1.10. The molecule has 0 radical (unpaired) electrons. The van der Waals surface area contributed by atoms with Crippen LogP contribution in [0.5, 0.6) is 0 Å². The Balaban J connectivity index is 2.13. The number of carbonyl (C=O) groups is 2. The first-order valence-electron chi connectivity index (χ1n) is 9.07. The zero-order valence-electron chi connectivity index (χ0n) is 16.3. The van der Waals surface area contributed by atoms with Crippen LogP contribution in [0.2, 0.25) is 0 Å². The normalized spacial score (nSPS) is 10.5. The van der Waals surface area contributed by atoms with Gasteiger partial charge in [0.2, 0.25) is 11.8 Å². The van der Waals surface area contributed by atoms with Crippen LogP contribution in [0.4, 0.5) is 11.4 Å². The molecule has 0 atom stereocenters. The molecule has 2 aromatic carbocycles. The van der Waals surface area contributed by atoms with Gasteiger partial charge in [-0.15, -0.1) is 0 Å². The first-order valence-corrected chi connectivity index (χ1v) is 9.07. The first-order chi connectivity index (χ1) is 12.3. The van der Waals surface area contributed by atoms with Gasteiger partial charge in [-0.05, 0) is 55.5 Å². The Morgan fingerprint density at radius 1 is 1.00 bits per heavy atom. The maximum atomic E-state index is 12.4. The number of nitrogens with one attached hydrogen (secondary N) is 1. The van der Waals surface area contributed by atoms with Crippen molar-refractivity contribution < 1.29 is 9.59 Å². The third kappa shape index (κ3) is 4.51. The highest BCUT2D eigenvalue weighted by Gasteiger charge is 2.18. The lowest BCUT2D eigenvalue weighted by molar-refractivity contribution is -0.117. The van der Waals surface area contributed by atoms with E-state index in [1.807, 2.05) is 57.2 Å². The van der Waals surface area contributed by atoms with E-state index in [-0.39, 0.29) is 18.2 Å². The van der Waals surface area contributed by atoms with Crippen LogP contribution in [0.15, 0.2) is 36.4 Å². The minimum Gasteiger partial charge on any atom is -0.326 e. The molecule has 138 valence electrons. The van der Waals surface area contributed by atoms with Gasteiger partial charge in [0.25, 0.3) is 0 Å². The Morgan fingerprint density at radius 2 is 1.65 bits per heavy atom. The summed E-state index contributed by atoms with van der Waals surface area (Å²) in [4.78, 5) is 26.4. The molecular weight excluding hydrogens is 324 g/mol. The Bertz CT molecular complexity index is 812. The number of nitrogens with zero attached hydrogens (tertiary/aromatic N) is 1. The summed E-state index contributed by atoms with van der Waals surface area (Å²) in [6, 6.07) is 11.9. The van der Waals surface area contributed by atoms with Gasteiger partial charge in [-0.1, -0.05) is 37.3 Å². The van der Waals surface area contributed by atoms with E-state index >= 15 is 0 Å². The number of anilines is 2. The number of carbonyl (C=O) groups excluding carboxylic acids is 2. The summed E-state index contributed by atoms with van der Waals surface area (Å²) >= 11 is 0. The average Bonchev–Trinajstić information content (AvgIpc) is 2.60. The predicted octanol–water partition coefficient (Wildman–Crippen LogP) is 4.56. The summed E-state index contributed by atoms with van der Waals surface area (Å²) in [5.74, 6) is -0.134. The molecule has 2 amide bonds. The maximum Gasteiger partial charge on any atom is 0.226 e.